The predicted molar refractivity (Wildman–Crippen MR) is 204 cm³/mol. The zero-order valence-corrected chi connectivity index (χ0v) is 26.5. The minimum absolute atomic E-state index is 0.860. The second-order valence-corrected chi connectivity index (χ2v) is 12.5. The third-order valence-corrected chi connectivity index (χ3v) is 9.66. The van der Waals surface area contributed by atoms with Gasteiger partial charge in [-0.3, -0.25) is 0 Å². The van der Waals surface area contributed by atoms with Gasteiger partial charge in [-0.05, 0) is 87.6 Å². The zero-order valence-electron chi connectivity index (χ0n) is 26.5. The van der Waals surface area contributed by atoms with E-state index in [9.17, 15) is 0 Å². The molecule has 0 saturated carbocycles. The summed E-state index contributed by atoms with van der Waals surface area (Å²) in [5.74, 6) is 0. The second kappa shape index (κ2) is 11.0. The van der Waals surface area contributed by atoms with Crippen molar-refractivity contribution in [2.24, 2.45) is 0 Å². The normalized spacial score (nSPS) is 11.7. The lowest BCUT2D eigenvalue weighted by Gasteiger charge is -2.26. The molecule has 3 heteroatoms. The van der Waals surface area contributed by atoms with Gasteiger partial charge in [-0.15, -0.1) is 0 Å². The number of para-hydroxylation sites is 3. The van der Waals surface area contributed by atoms with Gasteiger partial charge in [0.05, 0.1) is 5.69 Å². The number of furan rings is 2. The minimum Gasteiger partial charge on any atom is -0.456 e. The van der Waals surface area contributed by atoms with Gasteiger partial charge in [-0.25, -0.2) is 0 Å². The molecule has 0 fully saturated rings. The lowest BCUT2D eigenvalue weighted by atomic mass is 9.98. The quantitative estimate of drug-likeness (QED) is 0.190. The number of benzene rings is 8. The van der Waals surface area contributed by atoms with Gasteiger partial charge < -0.3 is 13.7 Å². The van der Waals surface area contributed by atoms with Crippen LogP contribution in [-0.2, 0) is 0 Å². The summed E-state index contributed by atoms with van der Waals surface area (Å²) < 4.78 is 12.7. The molecule has 0 amide bonds. The Bertz CT molecular complexity index is 2830. The molecule has 0 bridgehead atoms. The van der Waals surface area contributed by atoms with Crippen molar-refractivity contribution < 1.29 is 8.83 Å². The molecule has 0 saturated heterocycles. The van der Waals surface area contributed by atoms with Crippen LogP contribution in [-0.4, -0.2) is 0 Å². The Labute approximate surface area is 282 Å². The molecule has 49 heavy (non-hydrogen) atoms. The summed E-state index contributed by atoms with van der Waals surface area (Å²) in [5, 5.41) is 6.93. The topological polar surface area (TPSA) is 29.5 Å². The first kappa shape index (κ1) is 27.5. The number of nitrogens with zero attached hydrogens (tertiary/aromatic N) is 1. The van der Waals surface area contributed by atoms with Crippen molar-refractivity contribution in [3.05, 3.63) is 176 Å². The standard InChI is InChI=1S/C46H29NO2/c1-2-14-36-30(10-1)11-8-17-37(36)31-22-25-34(26-23-31)47(42-19-9-18-40-38-15-3-6-21-44(38)49-46(40)42)35-13-7-12-32(28-35)33-24-27-45-41(29-33)39-16-4-5-20-43(39)48-45/h1-29H. The van der Waals surface area contributed by atoms with Gasteiger partial charge in [0.2, 0.25) is 0 Å². The molecule has 10 aromatic rings. The van der Waals surface area contributed by atoms with E-state index < -0.39 is 0 Å². The Morgan fingerprint density at radius 2 is 0.959 bits per heavy atom. The van der Waals surface area contributed by atoms with Gasteiger partial charge in [-0.1, -0.05) is 121 Å². The van der Waals surface area contributed by atoms with E-state index in [0.29, 0.717) is 0 Å². The van der Waals surface area contributed by atoms with Crippen LogP contribution in [0.25, 0.3) is 76.9 Å². The van der Waals surface area contributed by atoms with E-state index in [1.165, 1.54) is 21.9 Å². The molecule has 0 aliphatic heterocycles. The minimum atomic E-state index is 0.860. The Balaban J connectivity index is 1.15. The maximum absolute atomic E-state index is 6.59. The number of hydrogen-bond donors (Lipinski definition) is 0. The highest BCUT2D eigenvalue weighted by atomic mass is 16.3. The molecule has 0 atom stereocenters. The number of rotatable bonds is 5. The monoisotopic (exact) mass is 627 g/mol. The Hall–Kier alpha value is -6.58. The highest BCUT2D eigenvalue weighted by molar-refractivity contribution is 6.10. The van der Waals surface area contributed by atoms with Gasteiger partial charge in [0, 0.05) is 32.9 Å². The Morgan fingerprint density at radius 3 is 1.82 bits per heavy atom. The van der Waals surface area contributed by atoms with Crippen LogP contribution in [0, 0.1) is 0 Å². The van der Waals surface area contributed by atoms with Crippen LogP contribution in [0.3, 0.4) is 0 Å². The lowest BCUT2D eigenvalue weighted by molar-refractivity contribution is 0.668. The van der Waals surface area contributed by atoms with Gasteiger partial charge in [0.25, 0.3) is 0 Å². The van der Waals surface area contributed by atoms with E-state index in [0.717, 1.165) is 72.1 Å². The van der Waals surface area contributed by atoms with Crippen LogP contribution in [0.5, 0.6) is 0 Å². The van der Waals surface area contributed by atoms with Crippen LogP contribution in [0.2, 0.25) is 0 Å². The van der Waals surface area contributed by atoms with Crippen LogP contribution in [0.1, 0.15) is 0 Å². The van der Waals surface area contributed by atoms with Gasteiger partial charge >= 0.3 is 0 Å². The SMILES string of the molecule is c1cc(-c2ccc3oc4ccccc4c3c2)cc(N(c2ccc(-c3cccc4ccccc34)cc2)c2cccc3c2oc2ccccc23)c1. The second-order valence-electron chi connectivity index (χ2n) is 12.5. The summed E-state index contributed by atoms with van der Waals surface area (Å²) in [4.78, 5) is 2.31. The van der Waals surface area contributed by atoms with E-state index in [1.54, 1.807) is 0 Å². The fourth-order valence-corrected chi connectivity index (χ4v) is 7.33. The molecule has 10 rings (SSSR count). The average molecular weight is 628 g/mol. The summed E-state index contributed by atoms with van der Waals surface area (Å²) in [7, 11) is 0. The number of anilines is 3. The van der Waals surface area contributed by atoms with Gasteiger partial charge in [0.15, 0.2) is 5.58 Å². The van der Waals surface area contributed by atoms with E-state index in [2.05, 4.69) is 157 Å². The van der Waals surface area contributed by atoms with Crippen LogP contribution < -0.4 is 4.90 Å². The average Bonchev–Trinajstić information content (AvgIpc) is 3.74. The zero-order chi connectivity index (χ0) is 32.3. The molecular weight excluding hydrogens is 599 g/mol. The molecule has 8 aromatic carbocycles. The van der Waals surface area contributed by atoms with Crippen molar-refractivity contribution in [1.82, 2.24) is 0 Å². The highest BCUT2D eigenvalue weighted by Crippen LogP contribution is 2.44. The lowest BCUT2D eigenvalue weighted by Crippen LogP contribution is -2.10. The summed E-state index contributed by atoms with van der Waals surface area (Å²) >= 11 is 0. The van der Waals surface area contributed by atoms with E-state index in [4.69, 9.17) is 8.83 Å². The molecule has 0 N–H and O–H groups in total. The molecule has 0 spiro atoms. The van der Waals surface area contributed by atoms with Crippen molar-refractivity contribution in [2.75, 3.05) is 4.90 Å². The predicted octanol–water partition coefficient (Wildman–Crippen LogP) is 13.4. The molecular formula is C46H29NO2. The molecule has 0 radical (unpaired) electrons. The van der Waals surface area contributed by atoms with Crippen molar-refractivity contribution >= 4 is 71.7 Å². The summed E-state index contributed by atoms with van der Waals surface area (Å²) in [6.45, 7) is 0. The van der Waals surface area contributed by atoms with Crippen LogP contribution in [0.4, 0.5) is 17.1 Å². The van der Waals surface area contributed by atoms with Crippen molar-refractivity contribution in [3.8, 4) is 22.3 Å². The number of hydrogen-bond acceptors (Lipinski definition) is 3. The maximum Gasteiger partial charge on any atom is 0.159 e. The number of fused-ring (bicyclic) bond motifs is 7. The largest absolute Gasteiger partial charge is 0.456 e. The maximum atomic E-state index is 6.59. The van der Waals surface area contributed by atoms with Crippen molar-refractivity contribution in [2.45, 2.75) is 0 Å². The van der Waals surface area contributed by atoms with E-state index in [1.807, 2.05) is 24.3 Å². The third kappa shape index (κ3) is 4.51. The van der Waals surface area contributed by atoms with Crippen LogP contribution >= 0.6 is 0 Å². The highest BCUT2D eigenvalue weighted by Gasteiger charge is 2.20. The fraction of sp³-hybridized carbons (Fsp3) is 0. The molecule has 0 unspecified atom stereocenters. The smallest absolute Gasteiger partial charge is 0.159 e. The molecule has 0 aliphatic rings. The first-order valence-electron chi connectivity index (χ1n) is 16.6. The first-order chi connectivity index (χ1) is 24.3. The summed E-state index contributed by atoms with van der Waals surface area (Å²) in [6, 6.07) is 62.1. The van der Waals surface area contributed by atoms with Crippen LogP contribution in [0.15, 0.2) is 185 Å². The fourth-order valence-electron chi connectivity index (χ4n) is 7.33. The molecule has 230 valence electrons. The summed E-state index contributed by atoms with van der Waals surface area (Å²) in [6.07, 6.45) is 0. The van der Waals surface area contributed by atoms with Gasteiger partial charge in [-0.2, -0.15) is 0 Å². The van der Waals surface area contributed by atoms with E-state index >= 15 is 0 Å². The van der Waals surface area contributed by atoms with E-state index in [-0.39, 0.29) is 0 Å². The van der Waals surface area contributed by atoms with Gasteiger partial charge in [0.1, 0.15) is 16.7 Å². The molecule has 0 aliphatic carbocycles. The van der Waals surface area contributed by atoms with Crippen molar-refractivity contribution in [3.63, 3.8) is 0 Å². The Morgan fingerprint density at radius 1 is 0.347 bits per heavy atom. The summed E-state index contributed by atoms with van der Waals surface area (Å²) in [5.41, 5.74) is 11.3. The van der Waals surface area contributed by atoms with Crippen molar-refractivity contribution in [1.29, 1.82) is 0 Å². The third-order valence-electron chi connectivity index (χ3n) is 9.66. The molecule has 2 aromatic heterocycles. The Kier molecular flexibility index (Phi) is 6.18. The first-order valence-corrected chi connectivity index (χ1v) is 16.6. The molecule has 3 nitrogen and oxygen atoms in total. The molecule has 2 heterocycles.